The second kappa shape index (κ2) is 42.3. The van der Waals surface area contributed by atoms with E-state index in [1.165, 1.54) is 19.3 Å². The van der Waals surface area contributed by atoms with Crippen molar-refractivity contribution in [1.29, 1.82) is 0 Å². The number of amides is 1. The summed E-state index contributed by atoms with van der Waals surface area (Å²) in [5.41, 5.74) is 0. The number of aliphatic hydroxyl groups is 5. The van der Waals surface area contributed by atoms with E-state index in [0.29, 0.717) is 12.8 Å². The zero-order valence-electron chi connectivity index (χ0n) is 38.8. The summed E-state index contributed by atoms with van der Waals surface area (Å²) in [6.07, 6.45) is 57.8. The minimum absolute atomic E-state index is 0.234. The Kier molecular flexibility index (Phi) is 38.5. The Balaban J connectivity index is 2.38. The van der Waals surface area contributed by atoms with E-state index in [-0.39, 0.29) is 18.9 Å². The van der Waals surface area contributed by atoms with Crippen LogP contribution in [0.1, 0.15) is 142 Å². The SMILES string of the molecule is CC/C=C\C/C=C\C/C=C\C/C=C\C/C=C\C/C=C\C/C=C\C/C=C\CCCCC(=O)NC(COC1OC(CO)C(O)C(O)C1O)C(O)/C=C/CC/C=C/CC/C=C/CCCCC. The lowest BCUT2D eigenvalue weighted by molar-refractivity contribution is -0.302. The number of carbonyl (C=O) groups excluding carboxylic acids is 1. The van der Waals surface area contributed by atoms with Gasteiger partial charge in [0.05, 0.1) is 25.4 Å². The van der Waals surface area contributed by atoms with Crippen molar-refractivity contribution in [2.24, 2.45) is 0 Å². The fourth-order valence-corrected chi connectivity index (χ4v) is 6.38. The van der Waals surface area contributed by atoms with Gasteiger partial charge in [-0.2, -0.15) is 0 Å². The molecule has 6 N–H and O–H groups in total. The Bertz CT molecular complexity index is 1430. The van der Waals surface area contributed by atoms with E-state index < -0.39 is 49.5 Å². The average Bonchev–Trinajstić information content (AvgIpc) is 3.28. The lowest BCUT2D eigenvalue weighted by Crippen LogP contribution is -2.60. The zero-order chi connectivity index (χ0) is 45.9. The van der Waals surface area contributed by atoms with Gasteiger partial charge in [-0.3, -0.25) is 4.79 Å². The maximum Gasteiger partial charge on any atom is 0.220 e. The molecular weight excluding hydrogens is 791 g/mol. The van der Waals surface area contributed by atoms with Crippen LogP contribution in [0.25, 0.3) is 0 Å². The van der Waals surface area contributed by atoms with E-state index in [4.69, 9.17) is 9.47 Å². The lowest BCUT2D eigenvalue weighted by atomic mass is 9.99. The van der Waals surface area contributed by atoms with Gasteiger partial charge in [0.1, 0.15) is 24.4 Å². The summed E-state index contributed by atoms with van der Waals surface area (Å²) in [5, 5.41) is 54.1. The van der Waals surface area contributed by atoms with Crippen LogP contribution in [-0.4, -0.2) is 87.5 Å². The van der Waals surface area contributed by atoms with Gasteiger partial charge in [0.2, 0.25) is 5.91 Å². The van der Waals surface area contributed by atoms with Gasteiger partial charge in [-0.25, -0.2) is 0 Å². The molecule has 1 heterocycles. The third-order valence-electron chi connectivity index (χ3n) is 10.2. The van der Waals surface area contributed by atoms with Crippen LogP contribution in [0.2, 0.25) is 0 Å². The highest BCUT2D eigenvalue weighted by molar-refractivity contribution is 5.76. The van der Waals surface area contributed by atoms with Gasteiger partial charge in [-0.05, 0) is 109 Å². The number of rotatable bonds is 37. The fraction of sp³-hybridized carbons (Fsp3) is 0.574. The molecular formula is C54H85NO8. The standard InChI is InChI=1S/C54H85NO8/c1-3-5-7-9-11-13-15-17-18-19-20-21-22-23-24-25-26-27-28-29-30-32-34-36-38-40-42-44-50(58)55-47(46-62-54-53(61)52(60)51(59)49(45-56)63-54)48(57)43-41-39-37-35-33-31-16-14-12-10-8-6-4-2/h5,7,11-14,17-18,20-21,23-24,26-27,29-30,33-36,41,43,47-49,51-54,56-57,59-61H,3-4,6,8-10,15-16,19,22,25,28,31-32,37-40,42,44-46H2,1-2H3,(H,55,58)/b7-5-,13-11-,14-12+,18-17-,21-20-,24-23-,27-26-,30-29-,35-33+,36-34-,43-41+. The molecule has 1 aliphatic rings. The van der Waals surface area contributed by atoms with Crippen molar-refractivity contribution < 1.29 is 39.8 Å². The van der Waals surface area contributed by atoms with Crippen LogP contribution in [-0.2, 0) is 14.3 Å². The largest absolute Gasteiger partial charge is 0.394 e. The maximum absolute atomic E-state index is 13.0. The van der Waals surface area contributed by atoms with Gasteiger partial charge in [-0.1, -0.05) is 160 Å². The van der Waals surface area contributed by atoms with Gasteiger partial charge >= 0.3 is 0 Å². The van der Waals surface area contributed by atoms with Crippen molar-refractivity contribution in [3.8, 4) is 0 Å². The van der Waals surface area contributed by atoms with Crippen molar-refractivity contribution >= 4 is 5.91 Å². The molecule has 354 valence electrons. The molecule has 0 aromatic rings. The quantitative estimate of drug-likeness (QED) is 0.0267. The summed E-state index contributed by atoms with van der Waals surface area (Å²) in [6, 6.07) is -0.861. The second-order valence-electron chi connectivity index (χ2n) is 15.8. The Morgan fingerprint density at radius 2 is 0.984 bits per heavy atom. The summed E-state index contributed by atoms with van der Waals surface area (Å²) in [5.74, 6) is -0.242. The third kappa shape index (κ3) is 32.6. The molecule has 1 saturated heterocycles. The number of ether oxygens (including phenoxy) is 2. The van der Waals surface area contributed by atoms with Crippen LogP contribution in [0.5, 0.6) is 0 Å². The first kappa shape index (κ1) is 57.3. The summed E-state index contributed by atoms with van der Waals surface area (Å²) < 4.78 is 11.2. The third-order valence-corrected chi connectivity index (χ3v) is 10.2. The summed E-state index contributed by atoms with van der Waals surface area (Å²) >= 11 is 0. The molecule has 7 unspecified atom stereocenters. The van der Waals surface area contributed by atoms with Crippen LogP contribution in [0.4, 0.5) is 0 Å². The first-order valence-electron chi connectivity index (χ1n) is 23.9. The van der Waals surface area contributed by atoms with Gasteiger partial charge in [0.25, 0.3) is 0 Å². The number of nitrogens with one attached hydrogen (secondary N) is 1. The normalized spacial score (nSPS) is 21.4. The molecule has 63 heavy (non-hydrogen) atoms. The summed E-state index contributed by atoms with van der Waals surface area (Å²) in [4.78, 5) is 13.0. The monoisotopic (exact) mass is 876 g/mol. The topological polar surface area (TPSA) is 149 Å². The number of carbonyl (C=O) groups is 1. The molecule has 0 aromatic heterocycles. The van der Waals surface area contributed by atoms with E-state index >= 15 is 0 Å². The molecule has 0 aromatic carbocycles. The summed E-state index contributed by atoms with van der Waals surface area (Å²) in [7, 11) is 0. The molecule has 7 atom stereocenters. The Morgan fingerprint density at radius 3 is 1.46 bits per heavy atom. The van der Waals surface area contributed by atoms with E-state index in [0.717, 1.165) is 89.9 Å². The highest BCUT2D eigenvalue weighted by Crippen LogP contribution is 2.22. The number of aliphatic hydroxyl groups excluding tert-OH is 5. The van der Waals surface area contributed by atoms with Gasteiger partial charge in [-0.15, -0.1) is 0 Å². The van der Waals surface area contributed by atoms with Gasteiger partial charge < -0.3 is 40.3 Å². The number of hydrogen-bond acceptors (Lipinski definition) is 8. The molecule has 1 aliphatic heterocycles. The van der Waals surface area contributed by atoms with Crippen molar-refractivity contribution in [2.45, 2.75) is 185 Å². The smallest absolute Gasteiger partial charge is 0.220 e. The molecule has 9 heteroatoms. The van der Waals surface area contributed by atoms with Crippen molar-refractivity contribution in [1.82, 2.24) is 5.32 Å². The Labute approximate surface area is 381 Å². The predicted molar refractivity (Wildman–Crippen MR) is 262 cm³/mol. The molecule has 1 amide bonds. The van der Waals surface area contributed by atoms with Crippen molar-refractivity contribution in [2.75, 3.05) is 13.2 Å². The fourth-order valence-electron chi connectivity index (χ4n) is 6.38. The minimum atomic E-state index is -1.59. The predicted octanol–water partition coefficient (Wildman–Crippen LogP) is 10.6. The van der Waals surface area contributed by atoms with E-state index in [2.05, 4.69) is 141 Å². The van der Waals surface area contributed by atoms with Crippen LogP contribution < -0.4 is 5.32 Å². The number of allylic oxidation sites excluding steroid dienone is 21. The van der Waals surface area contributed by atoms with Crippen LogP contribution in [0.15, 0.2) is 134 Å². The molecule has 0 bridgehead atoms. The molecule has 1 rings (SSSR count). The number of unbranched alkanes of at least 4 members (excludes halogenated alkanes) is 7. The van der Waals surface area contributed by atoms with Gasteiger partial charge in [0.15, 0.2) is 6.29 Å². The first-order valence-corrected chi connectivity index (χ1v) is 23.9. The summed E-state index contributed by atoms with van der Waals surface area (Å²) in [6.45, 7) is 3.54. The van der Waals surface area contributed by atoms with Crippen molar-refractivity contribution in [3.05, 3.63) is 134 Å². The van der Waals surface area contributed by atoms with E-state index in [1.54, 1.807) is 6.08 Å². The highest BCUT2D eigenvalue weighted by Gasteiger charge is 2.44. The Hall–Kier alpha value is -3.67. The van der Waals surface area contributed by atoms with Crippen LogP contribution in [0.3, 0.4) is 0 Å². The van der Waals surface area contributed by atoms with E-state index in [9.17, 15) is 30.3 Å². The molecule has 0 spiro atoms. The minimum Gasteiger partial charge on any atom is -0.394 e. The van der Waals surface area contributed by atoms with Crippen LogP contribution in [0, 0.1) is 0 Å². The van der Waals surface area contributed by atoms with Crippen LogP contribution >= 0.6 is 0 Å². The van der Waals surface area contributed by atoms with Crippen molar-refractivity contribution in [3.63, 3.8) is 0 Å². The average molecular weight is 876 g/mol. The molecule has 0 radical (unpaired) electrons. The number of hydrogen-bond donors (Lipinski definition) is 6. The highest BCUT2D eigenvalue weighted by atomic mass is 16.7. The molecule has 0 aliphatic carbocycles. The Morgan fingerprint density at radius 1 is 0.556 bits per heavy atom. The second-order valence-corrected chi connectivity index (χ2v) is 15.8. The molecule has 1 fully saturated rings. The maximum atomic E-state index is 13.0. The lowest BCUT2D eigenvalue weighted by Gasteiger charge is -2.40. The molecule has 9 nitrogen and oxygen atoms in total. The van der Waals surface area contributed by atoms with E-state index in [1.807, 2.05) is 6.08 Å². The van der Waals surface area contributed by atoms with Gasteiger partial charge in [0, 0.05) is 6.42 Å². The molecule has 0 saturated carbocycles. The first-order chi connectivity index (χ1) is 30.8. The zero-order valence-corrected chi connectivity index (χ0v) is 38.8.